The van der Waals surface area contributed by atoms with E-state index < -0.39 is 0 Å². The van der Waals surface area contributed by atoms with Crippen LogP contribution in [0, 0.1) is 11.8 Å². The summed E-state index contributed by atoms with van der Waals surface area (Å²) in [6, 6.07) is 9.07. The minimum Gasteiger partial charge on any atom is -0.496 e. The summed E-state index contributed by atoms with van der Waals surface area (Å²) in [5.41, 5.74) is 0.290. The standard InChI is InChI=1S/C26H37O6P.Li/c1-17(2)10-12-31-19-8-9-24(21(14-19)32-13-11-18(3)4)33-26(27)25-22(29-6)15-20(28-5)16-23(25)30-7;/h8-9,14-18,33H,10-13H2,1-7H3;. The van der Waals surface area contributed by atoms with Gasteiger partial charge >= 0.3 is 0 Å². The van der Waals surface area contributed by atoms with Crippen LogP contribution in [0.3, 0.4) is 0 Å². The summed E-state index contributed by atoms with van der Waals surface area (Å²) in [5, 5.41) is 0.819. The first-order chi connectivity index (χ1) is 15.8. The largest absolute Gasteiger partial charge is 0.496 e. The van der Waals surface area contributed by atoms with Crippen molar-refractivity contribution in [1.82, 2.24) is 0 Å². The summed E-state index contributed by atoms with van der Waals surface area (Å²) in [6.07, 6.45) is 1.90. The maximum absolute atomic E-state index is 13.4. The van der Waals surface area contributed by atoms with Gasteiger partial charge in [0.25, 0.3) is 0 Å². The van der Waals surface area contributed by atoms with Crippen LogP contribution in [0.1, 0.15) is 50.9 Å². The van der Waals surface area contributed by atoms with Crippen molar-refractivity contribution in [3.05, 3.63) is 35.9 Å². The third kappa shape index (κ3) is 9.06. The van der Waals surface area contributed by atoms with E-state index in [1.54, 1.807) is 19.2 Å². The molecule has 0 fully saturated rings. The van der Waals surface area contributed by atoms with Crippen molar-refractivity contribution < 1.29 is 28.5 Å². The molecular formula is C26H37LiO6P. The Morgan fingerprint density at radius 3 is 1.79 bits per heavy atom. The van der Waals surface area contributed by atoms with Gasteiger partial charge in [-0.3, -0.25) is 4.79 Å². The molecular weight excluding hydrogens is 446 g/mol. The van der Waals surface area contributed by atoms with Crippen molar-refractivity contribution in [1.29, 1.82) is 0 Å². The minimum atomic E-state index is -0.169. The molecule has 2 aromatic rings. The molecule has 1 unspecified atom stereocenters. The summed E-state index contributed by atoms with van der Waals surface area (Å²) in [6.45, 7) is 9.87. The van der Waals surface area contributed by atoms with Crippen molar-refractivity contribution >= 4 is 38.3 Å². The molecule has 2 aromatic carbocycles. The number of benzene rings is 2. The van der Waals surface area contributed by atoms with Crippen molar-refractivity contribution in [3.63, 3.8) is 0 Å². The third-order valence-electron chi connectivity index (χ3n) is 5.06. The molecule has 34 heavy (non-hydrogen) atoms. The summed E-state index contributed by atoms with van der Waals surface area (Å²) >= 11 is 0. The molecule has 8 heteroatoms. The monoisotopic (exact) mass is 483 g/mol. The number of hydrogen-bond donors (Lipinski definition) is 0. The first-order valence-electron chi connectivity index (χ1n) is 11.3. The summed E-state index contributed by atoms with van der Waals surface area (Å²) in [7, 11) is 4.44. The van der Waals surface area contributed by atoms with Gasteiger partial charge in [-0.2, -0.15) is 0 Å². The molecule has 1 radical (unpaired) electrons. The van der Waals surface area contributed by atoms with Gasteiger partial charge in [0.2, 0.25) is 0 Å². The van der Waals surface area contributed by atoms with Gasteiger partial charge in [-0.1, -0.05) is 27.7 Å². The zero-order chi connectivity index (χ0) is 24.4. The van der Waals surface area contributed by atoms with E-state index in [0.717, 1.165) is 23.9 Å². The molecule has 0 saturated carbocycles. The van der Waals surface area contributed by atoms with E-state index >= 15 is 0 Å². The molecule has 0 bridgehead atoms. The number of methoxy groups -OCH3 is 3. The van der Waals surface area contributed by atoms with E-state index in [1.807, 2.05) is 18.2 Å². The van der Waals surface area contributed by atoms with Gasteiger partial charge in [-0.25, -0.2) is 0 Å². The fourth-order valence-corrected chi connectivity index (χ4v) is 4.10. The van der Waals surface area contributed by atoms with Crippen molar-refractivity contribution in [2.24, 2.45) is 11.8 Å². The van der Waals surface area contributed by atoms with E-state index in [-0.39, 0.29) is 33.0 Å². The zero-order valence-corrected chi connectivity index (χ0v) is 22.8. The molecule has 0 saturated heterocycles. The Hall–Kier alpha value is -1.86. The Kier molecular flexibility index (Phi) is 13.5. The molecule has 2 rings (SSSR count). The molecule has 1 atom stereocenters. The van der Waals surface area contributed by atoms with Gasteiger partial charge in [-0.05, 0) is 45.4 Å². The van der Waals surface area contributed by atoms with Crippen LogP contribution in [0.15, 0.2) is 30.3 Å². The first kappa shape index (κ1) is 30.2. The maximum atomic E-state index is 13.4. The smallest absolute Gasteiger partial charge is 0.193 e. The molecule has 0 aromatic heterocycles. The number of ether oxygens (including phenoxy) is 5. The predicted octanol–water partition coefficient (Wildman–Crippen LogP) is 5.33. The van der Waals surface area contributed by atoms with Crippen molar-refractivity contribution in [2.75, 3.05) is 34.5 Å². The molecule has 0 spiro atoms. The van der Waals surface area contributed by atoms with Crippen molar-refractivity contribution in [2.45, 2.75) is 40.5 Å². The minimum absolute atomic E-state index is 0. The van der Waals surface area contributed by atoms with Crippen LogP contribution in [0.25, 0.3) is 0 Å². The Balaban J connectivity index is 0.00000578. The first-order valence-corrected chi connectivity index (χ1v) is 12.3. The fourth-order valence-electron chi connectivity index (χ4n) is 3.05. The van der Waals surface area contributed by atoms with Crippen LogP contribution in [0.5, 0.6) is 28.7 Å². The van der Waals surface area contributed by atoms with Crippen LogP contribution in [0.4, 0.5) is 0 Å². The molecule has 0 N–H and O–H groups in total. The van der Waals surface area contributed by atoms with E-state index in [2.05, 4.69) is 27.7 Å². The Bertz CT molecular complexity index is 891. The quantitative estimate of drug-likeness (QED) is 0.268. The van der Waals surface area contributed by atoms with E-state index in [0.29, 0.717) is 53.6 Å². The second-order valence-corrected chi connectivity index (χ2v) is 9.82. The summed E-state index contributed by atoms with van der Waals surface area (Å²) in [5.74, 6) is 3.91. The van der Waals surface area contributed by atoms with E-state index in [1.165, 1.54) is 14.2 Å². The molecule has 0 amide bonds. The number of rotatable bonds is 14. The molecule has 0 aliphatic carbocycles. The number of hydrogen-bond acceptors (Lipinski definition) is 6. The van der Waals surface area contributed by atoms with Crippen LogP contribution < -0.4 is 29.0 Å². The van der Waals surface area contributed by atoms with Crippen LogP contribution >= 0.6 is 8.58 Å². The molecule has 0 aliphatic rings. The van der Waals surface area contributed by atoms with Gasteiger partial charge in [-0.15, -0.1) is 0 Å². The van der Waals surface area contributed by atoms with Gasteiger partial charge < -0.3 is 23.7 Å². The Morgan fingerprint density at radius 1 is 0.765 bits per heavy atom. The normalized spacial score (nSPS) is 11.0. The Morgan fingerprint density at radius 2 is 1.29 bits per heavy atom. The topological polar surface area (TPSA) is 63.2 Å². The van der Waals surface area contributed by atoms with Gasteiger partial charge in [0.15, 0.2) is 5.52 Å². The van der Waals surface area contributed by atoms with Gasteiger partial charge in [0, 0.05) is 42.4 Å². The predicted molar refractivity (Wildman–Crippen MR) is 140 cm³/mol. The van der Waals surface area contributed by atoms with Gasteiger partial charge in [0.05, 0.1) is 34.5 Å². The average molecular weight is 483 g/mol. The zero-order valence-electron chi connectivity index (χ0n) is 21.8. The van der Waals surface area contributed by atoms with E-state index in [4.69, 9.17) is 23.7 Å². The van der Waals surface area contributed by atoms with Gasteiger partial charge in [0.1, 0.15) is 34.3 Å². The second-order valence-electron chi connectivity index (χ2n) is 8.58. The van der Waals surface area contributed by atoms with Crippen LogP contribution in [-0.2, 0) is 0 Å². The summed E-state index contributed by atoms with van der Waals surface area (Å²) in [4.78, 5) is 13.4. The second kappa shape index (κ2) is 15.2. The molecule has 0 aliphatic heterocycles. The molecule has 183 valence electrons. The SMILES string of the molecule is COc1cc(OC)c(C(=O)Pc2ccc(OCCC(C)C)cc2OCCC(C)C)c(OC)c1.[Li]. The summed E-state index contributed by atoms with van der Waals surface area (Å²) < 4.78 is 28.2. The van der Waals surface area contributed by atoms with Crippen LogP contribution in [-0.4, -0.2) is 58.9 Å². The number of carbonyl (C=O) groups is 1. The van der Waals surface area contributed by atoms with E-state index in [9.17, 15) is 4.79 Å². The third-order valence-corrected chi connectivity index (χ3v) is 6.22. The molecule has 0 heterocycles. The maximum Gasteiger partial charge on any atom is 0.193 e. The molecule has 6 nitrogen and oxygen atoms in total. The average Bonchev–Trinajstić information content (AvgIpc) is 2.78. The Labute approximate surface area is 218 Å². The fraction of sp³-hybridized carbons (Fsp3) is 0.500. The van der Waals surface area contributed by atoms with Crippen LogP contribution in [0.2, 0.25) is 0 Å². The van der Waals surface area contributed by atoms with Crippen molar-refractivity contribution in [3.8, 4) is 28.7 Å². The number of carbonyl (C=O) groups excluding carboxylic acids is 1.